The van der Waals surface area contributed by atoms with Gasteiger partial charge in [-0.25, -0.2) is 4.39 Å². The van der Waals surface area contributed by atoms with Gasteiger partial charge in [0.2, 0.25) is 0 Å². The summed E-state index contributed by atoms with van der Waals surface area (Å²) in [6.07, 6.45) is 3.62. The molecule has 4 aromatic rings. The fourth-order valence-corrected chi connectivity index (χ4v) is 4.29. The summed E-state index contributed by atoms with van der Waals surface area (Å²) < 4.78 is 16.9. The molecule has 5 rings (SSSR count). The van der Waals surface area contributed by atoms with E-state index in [1.165, 1.54) is 6.07 Å². The smallest absolute Gasteiger partial charge is 0.255 e. The molecule has 2 aromatic heterocycles. The van der Waals surface area contributed by atoms with Gasteiger partial charge in [-0.2, -0.15) is 5.10 Å². The number of hydrogen-bond donors (Lipinski definition) is 0. The van der Waals surface area contributed by atoms with E-state index in [9.17, 15) is 4.79 Å². The Bertz CT molecular complexity index is 1320. The van der Waals surface area contributed by atoms with E-state index in [0.717, 1.165) is 27.7 Å². The molecule has 0 saturated carbocycles. The fraction of sp³-hybridized carbons (Fsp3) is 0.136. The van der Waals surface area contributed by atoms with Crippen molar-refractivity contribution >= 4 is 32.5 Å². The molecule has 1 aliphatic rings. The number of aromatic nitrogens is 3. The molecule has 5 nitrogen and oxygen atoms in total. The van der Waals surface area contributed by atoms with Crippen molar-refractivity contribution in [2.24, 2.45) is 7.05 Å². The van der Waals surface area contributed by atoms with Crippen molar-refractivity contribution in [2.45, 2.75) is 11.9 Å². The third-order valence-electron chi connectivity index (χ3n) is 5.89. The molecule has 30 heavy (non-hydrogen) atoms. The van der Waals surface area contributed by atoms with Crippen molar-refractivity contribution in [1.82, 2.24) is 19.7 Å². The summed E-state index contributed by atoms with van der Waals surface area (Å²) in [5.74, 6) is -0.451. The summed E-state index contributed by atoms with van der Waals surface area (Å²) >= 11 is 0. The van der Waals surface area contributed by atoms with Gasteiger partial charge < -0.3 is 4.90 Å². The van der Waals surface area contributed by atoms with Gasteiger partial charge in [-0.05, 0) is 35.4 Å². The number of pyridine rings is 1. The van der Waals surface area contributed by atoms with E-state index in [2.05, 4.69) is 10.1 Å². The predicted octanol–water partition coefficient (Wildman–Crippen LogP) is 1.81. The van der Waals surface area contributed by atoms with E-state index in [0.29, 0.717) is 11.1 Å². The number of aryl methyl sites for hydroxylation is 1. The van der Waals surface area contributed by atoms with Gasteiger partial charge in [0, 0.05) is 42.3 Å². The molecule has 0 radical (unpaired) electrons. The van der Waals surface area contributed by atoms with Gasteiger partial charge in [0.25, 0.3) is 5.91 Å². The third-order valence-corrected chi connectivity index (χ3v) is 5.89. The van der Waals surface area contributed by atoms with Crippen molar-refractivity contribution in [2.75, 3.05) is 0 Å². The highest BCUT2D eigenvalue weighted by Gasteiger charge is 2.43. The van der Waals surface area contributed by atoms with Crippen LogP contribution in [0.5, 0.6) is 0 Å². The average molecular weight is 396 g/mol. The van der Waals surface area contributed by atoms with Gasteiger partial charge in [-0.1, -0.05) is 24.3 Å². The molecular weight excluding hydrogens is 377 g/mol. The summed E-state index contributed by atoms with van der Waals surface area (Å²) in [4.78, 5) is 19.0. The lowest BCUT2D eigenvalue weighted by Crippen LogP contribution is -2.44. The molecule has 0 atom stereocenters. The highest BCUT2D eigenvalue weighted by atomic mass is 19.1. The third kappa shape index (κ3) is 2.75. The Labute approximate surface area is 175 Å². The van der Waals surface area contributed by atoms with Crippen LogP contribution in [0.3, 0.4) is 0 Å². The SMILES string of the molecule is BC1(B)c2ncccc2C(=O)N1Cc1ccc(-c2cccc3nn(C)cc23)cc1F. The number of nitrogens with zero attached hydrogens (tertiary/aromatic N) is 4. The van der Waals surface area contributed by atoms with Crippen LogP contribution in [-0.4, -0.2) is 41.3 Å². The quantitative estimate of drug-likeness (QED) is 0.497. The lowest BCUT2D eigenvalue weighted by Gasteiger charge is -2.32. The summed E-state index contributed by atoms with van der Waals surface area (Å²) in [5.41, 5.74) is 4.38. The number of benzene rings is 2. The summed E-state index contributed by atoms with van der Waals surface area (Å²) in [6.45, 7) is 0.186. The zero-order valence-electron chi connectivity index (χ0n) is 17.1. The van der Waals surface area contributed by atoms with E-state index in [1.807, 2.05) is 53.2 Å². The van der Waals surface area contributed by atoms with Crippen LogP contribution in [0.25, 0.3) is 22.0 Å². The van der Waals surface area contributed by atoms with Crippen LogP contribution < -0.4 is 0 Å². The van der Waals surface area contributed by atoms with Gasteiger partial charge >= 0.3 is 0 Å². The topological polar surface area (TPSA) is 51.0 Å². The molecule has 1 amide bonds. The number of fused-ring (bicyclic) bond motifs is 2. The second kappa shape index (κ2) is 6.55. The van der Waals surface area contributed by atoms with Crippen molar-refractivity contribution in [3.63, 3.8) is 0 Å². The zero-order chi connectivity index (χ0) is 21.0. The molecule has 8 heteroatoms. The molecule has 0 N–H and O–H groups in total. The Balaban J connectivity index is 1.50. The molecule has 1 aliphatic heterocycles. The highest BCUT2D eigenvalue weighted by molar-refractivity contribution is 6.42. The van der Waals surface area contributed by atoms with Crippen molar-refractivity contribution in [1.29, 1.82) is 0 Å². The molecule has 0 unspecified atom stereocenters. The Morgan fingerprint density at radius 2 is 1.90 bits per heavy atom. The molecule has 3 heterocycles. The van der Waals surface area contributed by atoms with Gasteiger partial charge in [0.15, 0.2) is 0 Å². The molecule has 0 fully saturated rings. The normalized spacial score (nSPS) is 15.0. The fourth-order valence-electron chi connectivity index (χ4n) is 4.29. The van der Waals surface area contributed by atoms with Crippen LogP contribution in [0.4, 0.5) is 4.39 Å². The Morgan fingerprint density at radius 1 is 1.10 bits per heavy atom. The van der Waals surface area contributed by atoms with Crippen LogP contribution in [-0.2, 0) is 18.9 Å². The van der Waals surface area contributed by atoms with E-state index in [4.69, 9.17) is 0 Å². The Kier molecular flexibility index (Phi) is 4.07. The molecular formula is C22H19B2FN4O. The van der Waals surface area contributed by atoms with Crippen LogP contribution in [0.1, 0.15) is 21.6 Å². The molecule has 0 spiro atoms. The zero-order valence-corrected chi connectivity index (χ0v) is 17.1. The molecule has 0 bridgehead atoms. The number of halogens is 1. The van der Waals surface area contributed by atoms with E-state index >= 15 is 4.39 Å². The maximum absolute atomic E-state index is 15.1. The van der Waals surface area contributed by atoms with Crippen LogP contribution in [0.2, 0.25) is 0 Å². The van der Waals surface area contributed by atoms with Crippen molar-refractivity contribution < 1.29 is 9.18 Å². The maximum atomic E-state index is 15.1. The summed E-state index contributed by atoms with van der Waals surface area (Å²) in [7, 11) is 5.76. The minimum atomic E-state index is -0.597. The second-order valence-electron chi connectivity index (χ2n) is 8.20. The van der Waals surface area contributed by atoms with Gasteiger partial charge in [-0.15, -0.1) is 0 Å². The molecule has 0 aliphatic carbocycles. The lowest BCUT2D eigenvalue weighted by atomic mass is 9.59. The van der Waals surface area contributed by atoms with E-state index in [-0.39, 0.29) is 18.3 Å². The van der Waals surface area contributed by atoms with Crippen LogP contribution >= 0.6 is 0 Å². The summed E-state index contributed by atoms with van der Waals surface area (Å²) in [5, 5.41) is 4.80. The van der Waals surface area contributed by atoms with E-state index in [1.54, 1.807) is 34.0 Å². The van der Waals surface area contributed by atoms with Crippen LogP contribution in [0, 0.1) is 5.82 Å². The maximum Gasteiger partial charge on any atom is 0.255 e. The molecule has 2 aromatic carbocycles. The molecule has 0 saturated heterocycles. The largest absolute Gasteiger partial charge is 0.339 e. The van der Waals surface area contributed by atoms with Crippen LogP contribution in [0.15, 0.2) is 60.9 Å². The Hall–Kier alpha value is -3.41. The first-order valence-electron chi connectivity index (χ1n) is 9.85. The van der Waals surface area contributed by atoms with Gasteiger partial charge in [0.1, 0.15) is 21.5 Å². The highest BCUT2D eigenvalue weighted by Crippen LogP contribution is 2.35. The van der Waals surface area contributed by atoms with Gasteiger partial charge in [0.05, 0.1) is 16.8 Å². The predicted molar refractivity (Wildman–Crippen MR) is 119 cm³/mol. The first kappa shape index (κ1) is 18.6. The van der Waals surface area contributed by atoms with Crippen molar-refractivity contribution in [3.05, 3.63) is 83.6 Å². The first-order valence-corrected chi connectivity index (χ1v) is 9.85. The standard InChI is InChI=1S/C22H19B2FN4O/c1-28-12-17-15(4-2-6-19(17)27-28)13-7-8-14(18(25)10-13)11-29-21(30)16-5-3-9-26-20(16)22(29,23)24/h2-10,12H,11,23-24H2,1H3. The number of amides is 1. The monoisotopic (exact) mass is 396 g/mol. The minimum Gasteiger partial charge on any atom is -0.339 e. The Morgan fingerprint density at radius 3 is 2.67 bits per heavy atom. The van der Waals surface area contributed by atoms with E-state index < -0.39 is 5.34 Å². The number of rotatable bonds is 3. The summed E-state index contributed by atoms with van der Waals surface area (Å²) in [6, 6.07) is 14.6. The lowest BCUT2D eigenvalue weighted by molar-refractivity contribution is 0.0729. The molecule has 146 valence electrons. The van der Waals surface area contributed by atoms with Gasteiger partial charge in [-0.3, -0.25) is 14.5 Å². The second-order valence-corrected chi connectivity index (χ2v) is 8.20. The number of hydrogen-bond acceptors (Lipinski definition) is 3. The first-order chi connectivity index (χ1) is 14.4. The average Bonchev–Trinajstić information content (AvgIpc) is 3.19. The van der Waals surface area contributed by atoms with Crippen molar-refractivity contribution in [3.8, 4) is 11.1 Å². The number of carbonyl (C=O) groups is 1. The minimum absolute atomic E-state index is 0.119. The number of carbonyl (C=O) groups excluding carboxylic acids is 1.